The molecule has 0 aliphatic rings. The van der Waals surface area contributed by atoms with Crippen molar-refractivity contribution in [3.63, 3.8) is 0 Å². The van der Waals surface area contributed by atoms with E-state index in [2.05, 4.69) is 26.2 Å². The van der Waals surface area contributed by atoms with Gasteiger partial charge in [-0.15, -0.1) is 0 Å². The number of carbonyl (C=O) groups is 1. The summed E-state index contributed by atoms with van der Waals surface area (Å²) in [4.78, 5) is 15.8. The fourth-order valence-corrected chi connectivity index (χ4v) is 1.95. The summed E-state index contributed by atoms with van der Waals surface area (Å²) in [7, 11) is 0. The number of benzene rings is 1. The molecule has 4 nitrogen and oxygen atoms in total. The van der Waals surface area contributed by atoms with E-state index < -0.39 is 0 Å². The highest BCUT2D eigenvalue weighted by Crippen LogP contribution is 2.24. The molecule has 1 aromatic heterocycles. The first-order valence-electron chi connectivity index (χ1n) is 5.04. The average Bonchev–Trinajstić information content (AvgIpc) is 2.34. The number of rotatable bonds is 2. The maximum Gasteiger partial charge on any atom is 0.257 e. The molecule has 0 saturated heterocycles. The highest BCUT2D eigenvalue weighted by molar-refractivity contribution is 9.10. The molecule has 1 amide bonds. The van der Waals surface area contributed by atoms with Crippen LogP contribution in [0.4, 0.5) is 11.4 Å². The second kappa shape index (κ2) is 5.37. The number of anilines is 2. The molecule has 0 atom stereocenters. The van der Waals surface area contributed by atoms with Crippen LogP contribution < -0.4 is 11.1 Å². The van der Waals surface area contributed by atoms with Crippen molar-refractivity contribution in [1.82, 2.24) is 4.98 Å². The topological polar surface area (TPSA) is 68.0 Å². The molecule has 18 heavy (non-hydrogen) atoms. The Labute approximate surface area is 117 Å². The zero-order valence-corrected chi connectivity index (χ0v) is 11.5. The van der Waals surface area contributed by atoms with Gasteiger partial charge in [-0.25, -0.2) is 0 Å². The fourth-order valence-electron chi connectivity index (χ4n) is 1.36. The number of nitrogen functional groups attached to an aromatic ring is 1. The third-order valence-corrected chi connectivity index (χ3v) is 3.26. The minimum Gasteiger partial charge on any atom is -0.398 e. The third-order valence-electron chi connectivity index (χ3n) is 2.28. The molecule has 0 fully saturated rings. The Balaban J connectivity index is 2.22. The van der Waals surface area contributed by atoms with Crippen LogP contribution in [0.15, 0.2) is 41.1 Å². The molecule has 0 bridgehead atoms. The summed E-state index contributed by atoms with van der Waals surface area (Å²) in [6.07, 6.45) is 2.94. The zero-order chi connectivity index (χ0) is 13.1. The Morgan fingerprint density at radius 3 is 2.83 bits per heavy atom. The van der Waals surface area contributed by atoms with Crippen LogP contribution in [0.25, 0.3) is 0 Å². The van der Waals surface area contributed by atoms with Crippen LogP contribution in [0.2, 0.25) is 5.02 Å². The van der Waals surface area contributed by atoms with Gasteiger partial charge in [-0.3, -0.25) is 9.78 Å². The number of halogens is 2. The van der Waals surface area contributed by atoms with Crippen molar-refractivity contribution in [3.05, 3.63) is 51.7 Å². The van der Waals surface area contributed by atoms with Gasteiger partial charge in [0.1, 0.15) is 0 Å². The highest BCUT2D eigenvalue weighted by Gasteiger charge is 2.10. The highest BCUT2D eigenvalue weighted by atomic mass is 79.9. The number of carbonyl (C=O) groups excluding carboxylic acids is 1. The molecule has 0 unspecified atom stereocenters. The van der Waals surface area contributed by atoms with E-state index in [1.54, 1.807) is 24.3 Å². The number of nitrogens with zero attached hydrogens (tertiary/aromatic N) is 1. The molecule has 0 saturated carbocycles. The van der Waals surface area contributed by atoms with Crippen molar-refractivity contribution in [2.75, 3.05) is 11.1 Å². The number of aromatic nitrogens is 1. The number of nitrogens with one attached hydrogen (secondary N) is 1. The first-order chi connectivity index (χ1) is 8.58. The maximum absolute atomic E-state index is 12.0. The van der Waals surface area contributed by atoms with E-state index in [4.69, 9.17) is 17.3 Å². The molecule has 1 aromatic carbocycles. The van der Waals surface area contributed by atoms with Gasteiger partial charge < -0.3 is 11.1 Å². The number of hydrogen-bond acceptors (Lipinski definition) is 3. The minimum absolute atomic E-state index is 0.293. The molecule has 2 aromatic rings. The van der Waals surface area contributed by atoms with Crippen LogP contribution in [0.1, 0.15) is 10.4 Å². The van der Waals surface area contributed by atoms with Gasteiger partial charge in [0.2, 0.25) is 0 Å². The minimum atomic E-state index is -0.293. The van der Waals surface area contributed by atoms with Crippen molar-refractivity contribution in [2.24, 2.45) is 0 Å². The number of pyridine rings is 1. The first-order valence-corrected chi connectivity index (χ1v) is 6.21. The smallest absolute Gasteiger partial charge is 0.257 e. The molecule has 6 heteroatoms. The summed E-state index contributed by atoms with van der Waals surface area (Å²) in [5.41, 5.74) is 7.28. The Morgan fingerprint density at radius 2 is 2.17 bits per heavy atom. The van der Waals surface area contributed by atoms with E-state index in [1.165, 1.54) is 12.4 Å². The quantitative estimate of drug-likeness (QED) is 0.832. The molecule has 92 valence electrons. The van der Waals surface area contributed by atoms with Crippen LogP contribution in [0, 0.1) is 0 Å². The van der Waals surface area contributed by atoms with Crippen LogP contribution >= 0.6 is 27.5 Å². The largest absolute Gasteiger partial charge is 0.398 e. The third kappa shape index (κ3) is 2.80. The molecule has 0 spiro atoms. The monoisotopic (exact) mass is 325 g/mol. The van der Waals surface area contributed by atoms with Crippen molar-refractivity contribution < 1.29 is 4.79 Å². The summed E-state index contributed by atoms with van der Waals surface area (Å²) in [5, 5.41) is 3.04. The summed E-state index contributed by atoms with van der Waals surface area (Å²) in [5.74, 6) is -0.293. The molecule has 0 aliphatic heterocycles. The van der Waals surface area contributed by atoms with Crippen LogP contribution in [0.3, 0.4) is 0 Å². The van der Waals surface area contributed by atoms with Gasteiger partial charge in [-0.2, -0.15) is 0 Å². The molecule has 1 heterocycles. The number of nitrogens with two attached hydrogens (primary N) is 1. The SMILES string of the molecule is Nc1ccc(NC(=O)c2ccncc2Cl)cc1Br. The van der Waals surface area contributed by atoms with Crippen molar-refractivity contribution in [3.8, 4) is 0 Å². The Bertz CT molecular complexity index is 604. The van der Waals surface area contributed by atoms with E-state index in [9.17, 15) is 4.79 Å². The standard InChI is InChI=1S/C12H9BrClN3O/c13-9-5-7(1-2-11(9)15)17-12(18)8-3-4-16-6-10(8)14/h1-6H,15H2,(H,17,18). The molecule has 3 N–H and O–H groups in total. The molecular formula is C12H9BrClN3O. The van der Waals surface area contributed by atoms with Crippen molar-refractivity contribution in [1.29, 1.82) is 0 Å². The van der Waals surface area contributed by atoms with Gasteiger partial charge >= 0.3 is 0 Å². The molecular weight excluding hydrogens is 318 g/mol. The van der Waals surface area contributed by atoms with Crippen LogP contribution in [-0.2, 0) is 0 Å². The Kier molecular flexibility index (Phi) is 3.84. The first kappa shape index (κ1) is 12.9. The van der Waals surface area contributed by atoms with E-state index in [1.807, 2.05) is 0 Å². The van der Waals surface area contributed by atoms with Gasteiger partial charge in [0.25, 0.3) is 5.91 Å². The predicted octanol–water partition coefficient (Wildman–Crippen LogP) is 3.33. The lowest BCUT2D eigenvalue weighted by Gasteiger charge is -2.07. The fraction of sp³-hybridized carbons (Fsp3) is 0. The van der Waals surface area contributed by atoms with Crippen LogP contribution in [0.5, 0.6) is 0 Å². The van der Waals surface area contributed by atoms with Gasteiger partial charge in [0.15, 0.2) is 0 Å². The Morgan fingerprint density at radius 1 is 1.39 bits per heavy atom. The maximum atomic E-state index is 12.0. The van der Waals surface area contributed by atoms with Gasteiger partial charge in [0, 0.05) is 28.2 Å². The second-order valence-corrected chi connectivity index (χ2v) is 4.81. The Hall–Kier alpha value is -1.59. The van der Waals surface area contributed by atoms with Gasteiger partial charge in [0.05, 0.1) is 10.6 Å². The predicted molar refractivity (Wildman–Crippen MR) is 75.8 cm³/mol. The summed E-state index contributed by atoms with van der Waals surface area (Å²) < 4.78 is 0.723. The van der Waals surface area contributed by atoms with Crippen LogP contribution in [-0.4, -0.2) is 10.9 Å². The molecule has 0 aliphatic carbocycles. The van der Waals surface area contributed by atoms with Gasteiger partial charge in [-0.1, -0.05) is 11.6 Å². The summed E-state index contributed by atoms with van der Waals surface area (Å²) >= 11 is 9.18. The van der Waals surface area contributed by atoms with Crippen molar-refractivity contribution >= 4 is 44.8 Å². The van der Waals surface area contributed by atoms with E-state index >= 15 is 0 Å². The lowest BCUT2D eigenvalue weighted by atomic mass is 10.2. The van der Waals surface area contributed by atoms with E-state index in [0.717, 1.165) is 4.47 Å². The van der Waals surface area contributed by atoms with E-state index in [0.29, 0.717) is 22.0 Å². The average molecular weight is 327 g/mol. The molecule has 0 radical (unpaired) electrons. The number of hydrogen-bond donors (Lipinski definition) is 2. The normalized spacial score (nSPS) is 10.1. The van der Waals surface area contributed by atoms with Gasteiger partial charge in [-0.05, 0) is 40.2 Å². The lowest BCUT2D eigenvalue weighted by molar-refractivity contribution is 0.102. The summed E-state index contributed by atoms with van der Waals surface area (Å²) in [6.45, 7) is 0. The van der Waals surface area contributed by atoms with E-state index in [-0.39, 0.29) is 5.91 Å². The second-order valence-electron chi connectivity index (χ2n) is 3.55. The molecule has 2 rings (SSSR count). The van der Waals surface area contributed by atoms with Crippen molar-refractivity contribution in [2.45, 2.75) is 0 Å². The summed E-state index contributed by atoms with van der Waals surface area (Å²) in [6, 6.07) is 6.70. The lowest BCUT2D eigenvalue weighted by Crippen LogP contribution is -2.12. The number of amides is 1. The zero-order valence-electron chi connectivity index (χ0n) is 9.15.